The number of rotatable bonds is 9. The molecule has 2 aromatic rings. The van der Waals surface area contributed by atoms with E-state index in [1.165, 1.54) is 45.7 Å². The van der Waals surface area contributed by atoms with Crippen LogP contribution < -0.4 is 14.2 Å². The maximum atomic E-state index is 12.9. The predicted octanol–water partition coefficient (Wildman–Crippen LogP) is 1.69. The van der Waals surface area contributed by atoms with E-state index in [9.17, 15) is 22.3 Å². The number of alkyl halides is 2. The molecule has 0 fully saturated rings. The summed E-state index contributed by atoms with van der Waals surface area (Å²) in [6.45, 7) is -0.0888. The van der Waals surface area contributed by atoms with E-state index < -0.39 is 21.9 Å². The number of ether oxygens (including phenoxy) is 3. The van der Waals surface area contributed by atoms with Crippen molar-refractivity contribution in [3.63, 3.8) is 0 Å². The second-order valence-electron chi connectivity index (χ2n) is 5.43. The molecule has 1 aromatic heterocycles. The Balaban J connectivity index is 2.56. The number of aliphatic hydroxyl groups excluding tert-OH is 1. The number of hydrogen-bond donors (Lipinski definition) is 2. The average Bonchev–Trinajstić information content (AvgIpc) is 2.68. The Morgan fingerprint density at radius 2 is 1.93 bits per heavy atom. The fourth-order valence-electron chi connectivity index (χ4n) is 2.36. The third kappa shape index (κ3) is 4.64. The summed E-state index contributed by atoms with van der Waals surface area (Å²) in [7, 11) is -0.923. The molecule has 0 saturated heterocycles. The summed E-state index contributed by atoms with van der Waals surface area (Å²) in [5.41, 5.74) is -0.0368. The standard InChI is InChI=1S/C16H19F2N3O6S/c1-25-8-9-5-4-6-10(12(9)21-28(23,24)16(17)18)13(22)14-19-7-11(26-2)15(20-14)27-3/h4-7,13,16,21-22H,8H2,1-3H3. The zero-order chi connectivity index (χ0) is 20.9. The quantitative estimate of drug-likeness (QED) is 0.630. The lowest BCUT2D eigenvalue weighted by molar-refractivity contribution is 0.184. The Morgan fingerprint density at radius 1 is 1.21 bits per heavy atom. The number of halogens is 2. The van der Waals surface area contributed by atoms with Gasteiger partial charge in [0.2, 0.25) is 0 Å². The summed E-state index contributed by atoms with van der Waals surface area (Å²) in [6, 6.07) is 4.33. The minimum absolute atomic E-state index is 0.0361. The summed E-state index contributed by atoms with van der Waals surface area (Å²) < 4.78 is 66.0. The Morgan fingerprint density at radius 3 is 2.50 bits per heavy atom. The molecule has 9 nitrogen and oxygen atoms in total. The lowest BCUT2D eigenvalue weighted by atomic mass is 10.0. The SMILES string of the molecule is COCc1cccc(C(O)c2ncc(OC)c(OC)n2)c1NS(=O)(=O)C(F)F. The molecule has 1 heterocycles. The fraction of sp³-hybridized carbons (Fsp3) is 0.375. The number of benzene rings is 1. The molecule has 0 bridgehead atoms. The van der Waals surface area contributed by atoms with E-state index in [-0.39, 0.29) is 40.9 Å². The van der Waals surface area contributed by atoms with Crippen molar-refractivity contribution in [3.8, 4) is 11.6 Å². The van der Waals surface area contributed by atoms with E-state index in [2.05, 4.69) is 9.97 Å². The summed E-state index contributed by atoms with van der Waals surface area (Å²) in [4.78, 5) is 7.98. The second kappa shape index (κ2) is 9.08. The van der Waals surface area contributed by atoms with E-state index in [0.29, 0.717) is 0 Å². The van der Waals surface area contributed by atoms with Crippen molar-refractivity contribution in [1.82, 2.24) is 9.97 Å². The number of nitrogens with zero attached hydrogens (tertiary/aromatic N) is 2. The largest absolute Gasteiger partial charge is 0.490 e. The van der Waals surface area contributed by atoms with Gasteiger partial charge in [0.05, 0.1) is 32.7 Å². The van der Waals surface area contributed by atoms with Crippen molar-refractivity contribution >= 4 is 15.7 Å². The van der Waals surface area contributed by atoms with Gasteiger partial charge in [-0.25, -0.2) is 13.4 Å². The minimum atomic E-state index is -4.99. The molecular formula is C16H19F2N3O6S. The molecule has 0 spiro atoms. The van der Waals surface area contributed by atoms with Gasteiger partial charge >= 0.3 is 5.76 Å². The van der Waals surface area contributed by atoms with Crippen molar-refractivity contribution in [3.05, 3.63) is 41.3 Å². The van der Waals surface area contributed by atoms with Gasteiger partial charge in [0.25, 0.3) is 15.9 Å². The van der Waals surface area contributed by atoms with Crippen LogP contribution in [-0.2, 0) is 21.4 Å². The van der Waals surface area contributed by atoms with Crippen LogP contribution in [0.2, 0.25) is 0 Å². The van der Waals surface area contributed by atoms with Crippen LogP contribution in [-0.4, -0.2) is 50.6 Å². The third-order valence-electron chi connectivity index (χ3n) is 3.66. The molecule has 154 valence electrons. The van der Waals surface area contributed by atoms with E-state index >= 15 is 0 Å². The third-order valence-corrected chi connectivity index (χ3v) is 4.61. The Hall–Kier alpha value is -2.57. The van der Waals surface area contributed by atoms with Gasteiger partial charge in [0, 0.05) is 18.2 Å². The Labute approximate surface area is 160 Å². The lowest BCUT2D eigenvalue weighted by Gasteiger charge is -2.19. The summed E-state index contributed by atoms with van der Waals surface area (Å²) in [5.74, 6) is -3.56. The zero-order valence-corrected chi connectivity index (χ0v) is 16.0. The highest BCUT2D eigenvalue weighted by atomic mass is 32.2. The maximum absolute atomic E-state index is 12.9. The monoisotopic (exact) mass is 419 g/mol. The van der Waals surface area contributed by atoms with Crippen molar-refractivity contribution in [2.75, 3.05) is 26.1 Å². The van der Waals surface area contributed by atoms with Gasteiger partial charge in [-0.1, -0.05) is 18.2 Å². The molecule has 0 amide bonds. The van der Waals surface area contributed by atoms with Gasteiger partial charge in [-0.3, -0.25) is 4.72 Å². The highest BCUT2D eigenvalue weighted by molar-refractivity contribution is 7.93. The van der Waals surface area contributed by atoms with Gasteiger partial charge in [-0.05, 0) is 0 Å². The summed E-state index contributed by atoms with van der Waals surface area (Å²) in [6.07, 6.45) is -0.293. The van der Waals surface area contributed by atoms with Crippen LogP contribution in [0.25, 0.3) is 0 Å². The van der Waals surface area contributed by atoms with Gasteiger partial charge in [-0.15, -0.1) is 0 Å². The maximum Gasteiger partial charge on any atom is 0.355 e. The van der Waals surface area contributed by atoms with Crippen LogP contribution in [0, 0.1) is 0 Å². The molecule has 0 aliphatic heterocycles. The molecule has 1 atom stereocenters. The Kier molecular flexibility index (Phi) is 7.05. The molecule has 2 N–H and O–H groups in total. The van der Waals surface area contributed by atoms with Gasteiger partial charge in [0.1, 0.15) is 6.10 Å². The first-order valence-corrected chi connectivity index (χ1v) is 9.33. The van der Waals surface area contributed by atoms with E-state index in [1.54, 1.807) is 0 Å². The van der Waals surface area contributed by atoms with Gasteiger partial charge < -0.3 is 19.3 Å². The number of sulfonamides is 1. The van der Waals surface area contributed by atoms with Crippen molar-refractivity contribution in [2.45, 2.75) is 18.5 Å². The van der Waals surface area contributed by atoms with Crippen LogP contribution in [0.5, 0.6) is 11.6 Å². The number of aliphatic hydroxyl groups is 1. The fourth-order valence-corrected chi connectivity index (χ4v) is 2.98. The molecular weight excluding hydrogens is 400 g/mol. The first-order chi connectivity index (χ1) is 13.2. The van der Waals surface area contributed by atoms with Gasteiger partial charge in [0.15, 0.2) is 11.6 Å². The topological polar surface area (TPSA) is 120 Å². The molecule has 0 aliphatic carbocycles. The first-order valence-electron chi connectivity index (χ1n) is 7.78. The molecule has 12 heteroatoms. The van der Waals surface area contributed by atoms with Crippen LogP contribution in [0.1, 0.15) is 23.1 Å². The molecule has 1 unspecified atom stereocenters. The minimum Gasteiger partial charge on any atom is -0.490 e. The van der Waals surface area contributed by atoms with Crippen molar-refractivity contribution in [1.29, 1.82) is 0 Å². The van der Waals surface area contributed by atoms with Crippen LogP contribution in [0.3, 0.4) is 0 Å². The predicted molar refractivity (Wildman–Crippen MR) is 94.9 cm³/mol. The number of anilines is 1. The van der Waals surface area contributed by atoms with Crippen LogP contribution >= 0.6 is 0 Å². The molecule has 0 radical (unpaired) electrons. The van der Waals surface area contributed by atoms with E-state index in [1.807, 2.05) is 4.72 Å². The zero-order valence-electron chi connectivity index (χ0n) is 15.2. The molecule has 0 saturated carbocycles. The molecule has 1 aromatic carbocycles. The smallest absolute Gasteiger partial charge is 0.355 e. The number of para-hydroxylation sites is 1. The summed E-state index contributed by atoms with van der Waals surface area (Å²) >= 11 is 0. The van der Waals surface area contributed by atoms with Crippen molar-refractivity contribution < 1.29 is 36.5 Å². The van der Waals surface area contributed by atoms with E-state index in [0.717, 1.165) is 0 Å². The molecule has 0 aliphatic rings. The number of aromatic nitrogens is 2. The van der Waals surface area contributed by atoms with Crippen molar-refractivity contribution in [2.24, 2.45) is 0 Å². The molecule has 2 rings (SSSR count). The van der Waals surface area contributed by atoms with E-state index in [4.69, 9.17) is 14.2 Å². The normalized spacial score (nSPS) is 12.7. The number of methoxy groups -OCH3 is 3. The second-order valence-corrected chi connectivity index (χ2v) is 7.08. The number of hydrogen-bond acceptors (Lipinski definition) is 8. The lowest BCUT2D eigenvalue weighted by Crippen LogP contribution is -2.23. The van der Waals surface area contributed by atoms with Crippen LogP contribution in [0.4, 0.5) is 14.5 Å². The van der Waals surface area contributed by atoms with Gasteiger partial charge in [-0.2, -0.15) is 13.8 Å². The Bertz CT molecular complexity index is 927. The first kappa shape index (κ1) is 21.7. The molecule has 28 heavy (non-hydrogen) atoms. The highest BCUT2D eigenvalue weighted by Gasteiger charge is 2.28. The summed E-state index contributed by atoms with van der Waals surface area (Å²) in [5, 5.41) is 10.7. The average molecular weight is 419 g/mol. The van der Waals surface area contributed by atoms with Crippen LogP contribution in [0.15, 0.2) is 24.4 Å². The number of nitrogens with one attached hydrogen (secondary N) is 1. The highest BCUT2D eigenvalue weighted by Crippen LogP contribution is 2.33.